The van der Waals surface area contributed by atoms with Crippen molar-refractivity contribution in [1.29, 1.82) is 0 Å². The third-order valence-corrected chi connectivity index (χ3v) is 3.25. The molecule has 3 heteroatoms. The second kappa shape index (κ2) is 6.40. The van der Waals surface area contributed by atoms with Gasteiger partial charge in [0.05, 0.1) is 13.2 Å². The van der Waals surface area contributed by atoms with Crippen LogP contribution in [0.2, 0.25) is 0 Å². The summed E-state index contributed by atoms with van der Waals surface area (Å²) in [5.41, 5.74) is 8.53. The Morgan fingerprint density at radius 1 is 1.16 bits per heavy atom. The SMILES string of the molecule is CC(C)(N)COCCCOc1ccc2c(c1)CCC2. The summed E-state index contributed by atoms with van der Waals surface area (Å²) in [6, 6.07) is 6.46. The molecule has 0 amide bonds. The minimum Gasteiger partial charge on any atom is -0.493 e. The van der Waals surface area contributed by atoms with E-state index in [0.29, 0.717) is 19.8 Å². The average Bonchev–Trinajstić information content (AvgIpc) is 2.79. The van der Waals surface area contributed by atoms with Gasteiger partial charge < -0.3 is 15.2 Å². The van der Waals surface area contributed by atoms with Gasteiger partial charge in [0, 0.05) is 18.6 Å². The lowest BCUT2D eigenvalue weighted by Gasteiger charge is -2.18. The molecule has 0 radical (unpaired) electrons. The summed E-state index contributed by atoms with van der Waals surface area (Å²) in [4.78, 5) is 0. The van der Waals surface area contributed by atoms with Crippen LogP contribution in [0.1, 0.15) is 37.8 Å². The van der Waals surface area contributed by atoms with Crippen LogP contribution in [-0.2, 0) is 17.6 Å². The van der Waals surface area contributed by atoms with Crippen molar-refractivity contribution in [2.24, 2.45) is 5.73 Å². The van der Waals surface area contributed by atoms with Crippen molar-refractivity contribution in [3.63, 3.8) is 0 Å². The molecule has 0 atom stereocenters. The Morgan fingerprint density at radius 3 is 2.74 bits per heavy atom. The number of aryl methyl sites for hydroxylation is 2. The van der Waals surface area contributed by atoms with Gasteiger partial charge in [0.15, 0.2) is 0 Å². The van der Waals surface area contributed by atoms with Gasteiger partial charge in [-0.2, -0.15) is 0 Å². The van der Waals surface area contributed by atoms with Gasteiger partial charge in [-0.05, 0) is 56.4 Å². The maximum absolute atomic E-state index is 5.84. The Labute approximate surface area is 116 Å². The van der Waals surface area contributed by atoms with Crippen LogP contribution in [0.4, 0.5) is 0 Å². The highest BCUT2D eigenvalue weighted by Crippen LogP contribution is 2.25. The van der Waals surface area contributed by atoms with Crippen LogP contribution in [0.25, 0.3) is 0 Å². The minimum absolute atomic E-state index is 0.249. The van der Waals surface area contributed by atoms with E-state index in [1.54, 1.807) is 0 Å². The molecule has 1 aliphatic carbocycles. The Kier molecular flexibility index (Phi) is 4.83. The molecule has 0 spiro atoms. The van der Waals surface area contributed by atoms with Gasteiger partial charge in [-0.1, -0.05) is 6.07 Å². The molecule has 1 aromatic carbocycles. The molecule has 2 rings (SSSR count). The first-order valence-corrected chi connectivity index (χ1v) is 7.16. The summed E-state index contributed by atoms with van der Waals surface area (Å²) in [6.45, 7) is 5.92. The smallest absolute Gasteiger partial charge is 0.119 e. The van der Waals surface area contributed by atoms with Gasteiger partial charge in [0.25, 0.3) is 0 Å². The molecular weight excluding hydrogens is 238 g/mol. The molecule has 19 heavy (non-hydrogen) atoms. The van der Waals surface area contributed by atoms with Gasteiger partial charge in [-0.15, -0.1) is 0 Å². The van der Waals surface area contributed by atoms with Crippen LogP contribution in [-0.4, -0.2) is 25.4 Å². The molecule has 0 bridgehead atoms. The number of hydrogen-bond donors (Lipinski definition) is 1. The van der Waals surface area contributed by atoms with Crippen LogP contribution in [0.15, 0.2) is 18.2 Å². The molecule has 0 fully saturated rings. The average molecular weight is 263 g/mol. The third kappa shape index (κ3) is 4.84. The Hall–Kier alpha value is -1.06. The topological polar surface area (TPSA) is 44.5 Å². The van der Waals surface area contributed by atoms with Crippen molar-refractivity contribution < 1.29 is 9.47 Å². The maximum Gasteiger partial charge on any atom is 0.119 e. The summed E-state index contributed by atoms with van der Waals surface area (Å²) in [6.07, 6.45) is 4.59. The molecule has 3 nitrogen and oxygen atoms in total. The normalized spacial score (nSPS) is 14.5. The molecular formula is C16H25NO2. The monoisotopic (exact) mass is 263 g/mol. The fourth-order valence-electron chi connectivity index (χ4n) is 2.32. The van der Waals surface area contributed by atoms with Crippen molar-refractivity contribution in [2.75, 3.05) is 19.8 Å². The first-order chi connectivity index (χ1) is 9.04. The maximum atomic E-state index is 5.84. The largest absolute Gasteiger partial charge is 0.493 e. The second-order valence-electron chi connectivity index (χ2n) is 6.03. The first-order valence-electron chi connectivity index (χ1n) is 7.16. The van der Waals surface area contributed by atoms with Crippen LogP contribution >= 0.6 is 0 Å². The number of nitrogens with two attached hydrogens (primary N) is 1. The lowest BCUT2D eigenvalue weighted by Crippen LogP contribution is -2.37. The van der Waals surface area contributed by atoms with Crippen molar-refractivity contribution in [3.05, 3.63) is 29.3 Å². The van der Waals surface area contributed by atoms with E-state index in [1.807, 2.05) is 13.8 Å². The van der Waals surface area contributed by atoms with E-state index in [2.05, 4.69) is 18.2 Å². The van der Waals surface area contributed by atoms with Crippen LogP contribution in [0.5, 0.6) is 5.75 Å². The molecule has 0 saturated heterocycles. The predicted octanol–water partition coefficient (Wildman–Crippen LogP) is 2.70. The van der Waals surface area contributed by atoms with E-state index in [9.17, 15) is 0 Å². The molecule has 0 saturated carbocycles. The molecule has 1 aromatic rings. The zero-order valence-corrected chi connectivity index (χ0v) is 12.1. The quantitative estimate of drug-likeness (QED) is 0.769. The number of fused-ring (bicyclic) bond motifs is 1. The van der Waals surface area contributed by atoms with Gasteiger partial charge in [0.1, 0.15) is 5.75 Å². The molecule has 106 valence electrons. The molecule has 0 heterocycles. The van der Waals surface area contributed by atoms with Crippen molar-refractivity contribution in [2.45, 2.75) is 45.1 Å². The van der Waals surface area contributed by atoms with Crippen LogP contribution in [0.3, 0.4) is 0 Å². The number of hydrogen-bond acceptors (Lipinski definition) is 3. The zero-order valence-electron chi connectivity index (χ0n) is 12.1. The van der Waals surface area contributed by atoms with Crippen molar-refractivity contribution in [3.8, 4) is 5.75 Å². The fraction of sp³-hybridized carbons (Fsp3) is 0.625. The highest BCUT2D eigenvalue weighted by molar-refractivity contribution is 5.38. The van der Waals surface area contributed by atoms with Gasteiger partial charge in [-0.25, -0.2) is 0 Å². The summed E-state index contributed by atoms with van der Waals surface area (Å²) in [5, 5.41) is 0. The Balaban J connectivity index is 1.63. The van der Waals surface area contributed by atoms with Crippen LogP contribution in [0, 0.1) is 0 Å². The summed E-state index contributed by atoms with van der Waals surface area (Å²) in [7, 11) is 0. The fourth-order valence-corrected chi connectivity index (χ4v) is 2.32. The number of ether oxygens (including phenoxy) is 2. The van der Waals surface area contributed by atoms with Crippen molar-refractivity contribution in [1.82, 2.24) is 0 Å². The highest BCUT2D eigenvalue weighted by Gasteiger charge is 2.11. The Bertz CT molecular complexity index is 410. The Morgan fingerprint density at radius 2 is 1.95 bits per heavy atom. The highest BCUT2D eigenvalue weighted by atomic mass is 16.5. The minimum atomic E-state index is -0.249. The molecule has 0 unspecified atom stereocenters. The summed E-state index contributed by atoms with van der Waals surface area (Å²) in [5.74, 6) is 0.986. The lowest BCUT2D eigenvalue weighted by molar-refractivity contribution is 0.0870. The van der Waals surface area contributed by atoms with E-state index < -0.39 is 0 Å². The van der Waals surface area contributed by atoms with E-state index >= 15 is 0 Å². The molecule has 0 aromatic heterocycles. The number of rotatable bonds is 7. The standard InChI is InChI=1S/C16H25NO2/c1-16(2,17)12-18-9-4-10-19-15-8-7-13-5-3-6-14(13)11-15/h7-8,11H,3-6,9-10,12,17H2,1-2H3. The lowest BCUT2D eigenvalue weighted by atomic mass is 10.1. The van der Waals surface area contributed by atoms with Gasteiger partial charge >= 0.3 is 0 Å². The second-order valence-corrected chi connectivity index (χ2v) is 6.03. The number of benzene rings is 1. The van der Waals surface area contributed by atoms with Gasteiger partial charge in [-0.3, -0.25) is 0 Å². The van der Waals surface area contributed by atoms with E-state index in [-0.39, 0.29) is 5.54 Å². The molecule has 2 N–H and O–H groups in total. The summed E-state index contributed by atoms with van der Waals surface area (Å²) >= 11 is 0. The van der Waals surface area contributed by atoms with E-state index in [4.69, 9.17) is 15.2 Å². The predicted molar refractivity (Wildman–Crippen MR) is 77.7 cm³/mol. The molecule has 1 aliphatic rings. The van der Waals surface area contributed by atoms with Gasteiger partial charge in [0.2, 0.25) is 0 Å². The van der Waals surface area contributed by atoms with E-state index in [1.165, 1.54) is 30.4 Å². The third-order valence-electron chi connectivity index (χ3n) is 3.25. The van der Waals surface area contributed by atoms with E-state index in [0.717, 1.165) is 12.2 Å². The zero-order chi connectivity index (χ0) is 13.7. The van der Waals surface area contributed by atoms with Crippen molar-refractivity contribution >= 4 is 0 Å². The molecule has 0 aliphatic heterocycles. The summed E-state index contributed by atoms with van der Waals surface area (Å²) < 4.78 is 11.3. The van der Waals surface area contributed by atoms with Crippen LogP contribution < -0.4 is 10.5 Å². The first kappa shape index (κ1) is 14.4.